The Kier molecular flexibility index (Phi) is 9.27. The first-order valence-corrected chi connectivity index (χ1v) is 14.5. The summed E-state index contributed by atoms with van der Waals surface area (Å²) in [4.78, 5) is 29.5. The minimum absolute atomic E-state index is 0.0139. The molecule has 214 valence electrons. The van der Waals surface area contributed by atoms with Gasteiger partial charge in [0.1, 0.15) is 11.5 Å². The number of anilines is 2. The maximum absolute atomic E-state index is 12.9. The molecule has 2 amide bonds. The summed E-state index contributed by atoms with van der Waals surface area (Å²) in [5.41, 5.74) is 4.15. The Morgan fingerprint density at radius 3 is 2.40 bits per heavy atom. The van der Waals surface area contributed by atoms with Crippen molar-refractivity contribution in [2.75, 3.05) is 36.4 Å². The number of carbonyl (C=O) groups excluding carboxylic acids is 2. The number of para-hydroxylation sites is 2. The van der Waals surface area contributed by atoms with Gasteiger partial charge in [0.15, 0.2) is 5.11 Å². The summed E-state index contributed by atoms with van der Waals surface area (Å²) in [6.07, 6.45) is 2.94. The summed E-state index contributed by atoms with van der Waals surface area (Å²) in [6, 6.07) is 24.0. The number of nitrogens with one attached hydrogen (secondary N) is 2. The molecule has 10 heteroatoms. The van der Waals surface area contributed by atoms with Gasteiger partial charge in [0.25, 0.3) is 5.91 Å². The predicted molar refractivity (Wildman–Crippen MR) is 173 cm³/mol. The van der Waals surface area contributed by atoms with Gasteiger partial charge >= 0.3 is 0 Å². The molecule has 0 atom stereocenters. The van der Waals surface area contributed by atoms with E-state index in [0.29, 0.717) is 53.3 Å². The lowest BCUT2D eigenvalue weighted by Gasteiger charge is -2.37. The molecule has 42 heavy (non-hydrogen) atoms. The molecule has 0 spiro atoms. The normalized spacial score (nSPS) is 13.3. The van der Waals surface area contributed by atoms with E-state index >= 15 is 0 Å². The maximum Gasteiger partial charge on any atom is 0.253 e. The molecule has 1 aliphatic rings. The fourth-order valence-electron chi connectivity index (χ4n) is 4.59. The first-order valence-electron chi connectivity index (χ1n) is 13.3. The van der Waals surface area contributed by atoms with Crippen molar-refractivity contribution < 1.29 is 14.0 Å². The second-order valence-corrected chi connectivity index (χ2v) is 11.0. The lowest BCUT2D eigenvalue weighted by Crippen LogP contribution is -2.49. The first kappa shape index (κ1) is 29.4. The lowest BCUT2D eigenvalue weighted by atomic mass is 10.1. The van der Waals surface area contributed by atoms with Crippen molar-refractivity contribution in [3.63, 3.8) is 0 Å². The summed E-state index contributed by atoms with van der Waals surface area (Å²) < 4.78 is 5.84. The fraction of sp³-hybridized carbons (Fsp3) is 0.156. The Balaban J connectivity index is 1.15. The van der Waals surface area contributed by atoms with Gasteiger partial charge in [0, 0.05) is 53.4 Å². The number of halogens is 2. The molecule has 1 saturated heterocycles. The standard InChI is InChI=1S/C32H28Cl2N4O3S/c1-21-6-7-23(20-26(21)34)29-14-12-25(41-29)13-15-30(39)36-32(42)35-27-4-2-3-5-28(27)37-16-18-38(19-17-37)31(40)22-8-10-24(33)11-9-22/h2-15,20H,16-19H2,1H3,(H2,35,36,39,42)/b15-13+. The van der Waals surface area contributed by atoms with Crippen molar-refractivity contribution in [1.29, 1.82) is 0 Å². The van der Waals surface area contributed by atoms with Gasteiger partial charge < -0.3 is 19.5 Å². The SMILES string of the molecule is Cc1ccc(-c2ccc(/C=C/C(=O)NC(=S)Nc3ccccc3N3CCN(C(=O)c4ccc(Cl)cc4)CC3)o2)cc1Cl. The van der Waals surface area contributed by atoms with E-state index in [1.807, 2.05) is 60.4 Å². The summed E-state index contributed by atoms with van der Waals surface area (Å²) in [7, 11) is 0. The van der Waals surface area contributed by atoms with Gasteiger partial charge in [0.05, 0.1) is 11.4 Å². The van der Waals surface area contributed by atoms with Crippen LogP contribution in [0.5, 0.6) is 0 Å². The van der Waals surface area contributed by atoms with Crippen LogP contribution in [0.25, 0.3) is 17.4 Å². The summed E-state index contributed by atoms with van der Waals surface area (Å²) in [6.45, 7) is 4.40. The molecule has 1 aliphatic heterocycles. The molecule has 3 aromatic carbocycles. The van der Waals surface area contributed by atoms with E-state index in [1.54, 1.807) is 36.4 Å². The zero-order valence-corrected chi connectivity index (χ0v) is 25.1. The molecule has 0 radical (unpaired) electrons. The van der Waals surface area contributed by atoms with Gasteiger partial charge in [-0.15, -0.1) is 0 Å². The van der Waals surface area contributed by atoms with E-state index in [1.165, 1.54) is 6.08 Å². The predicted octanol–water partition coefficient (Wildman–Crippen LogP) is 7.05. The molecule has 1 aromatic heterocycles. The van der Waals surface area contributed by atoms with E-state index in [0.717, 1.165) is 22.5 Å². The van der Waals surface area contributed by atoms with Crippen LogP contribution in [0.1, 0.15) is 21.7 Å². The van der Waals surface area contributed by atoms with Crippen LogP contribution in [0.3, 0.4) is 0 Å². The maximum atomic E-state index is 12.9. The number of furan rings is 1. The van der Waals surface area contributed by atoms with Crippen LogP contribution < -0.4 is 15.5 Å². The van der Waals surface area contributed by atoms with E-state index in [2.05, 4.69) is 15.5 Å². The Bertz CT molecular complexity index is 1640. The molecule has 2 N–H and O–H groups in total. The summed E-state index contributed by atoms with van der Waals surface area (Å²) in [5.74, 6) is 0.770. The zero-order chi connectivity index (χ0) is 29.6. The summed E-state index contributed by atoms with van der Waals surface area (Å²) >= 11 is 17.6. The molecule has 2 heterocycles. The minimum atomic E-state index is -0.393. The molecule has 4 aromatic rings. The Hall–Kier alpha value is -4.11. The number of nitrogens with zero attached hydrogens (tertiary/aromatic N) is 2. The van der Waals surface area contributed by atoms with E-state index in [9.17, 15) is 9.59 Å². The Morgan fingerprint density at radius 2 is 1.67 bits per heavy atom. The van der Waals surface area contributed by atoms with Crippen LogP contribution in [0.4, 0.5) is 11.4 Å². The molecule has 5 rings (SSSR count). The summed E-state index contributed by atoms with van der Waals surface area (Å²) in [5, 5.41) is 7.24. The third kappa shape index (κ3) is 7.20. The van der Waals surface area contributed by atoms with E-state index in [4.69, 9.17) is 39.8 Å². The molecule has 0 aliphatic carbocycles. The highest BCUT2D eigenvalue weighted by Gasteiger charge is 2.23. The number of carbonyl (C=O) groups is 2. The molecular formula is C32H28Cl2N4O3S. The number of hydrogen-bond acceptors (Lipinski definition) is 5. The Morgan fingerprint density at radius 1 is 0.929 bits per heavy atom. The molecule has 0 saturated carbocycles. The number of thiocarbonyl (C=S) groups is 1. The van der Waals surface area contributed by atoms with Crippen LogP contribution >= 0.6 is 35.4 Å². The lowest BCUT2D eigenvalue weighted by molar-refractivity contribution is -0.115. The molecule has 1 fully saturated rings. The third-order valence-electron chi connectivity index (χ3n) is 6.87. The van der Waals surface area contributed by atoms with Gasteiger partial charge in [-0.05, 0) is 85.4 Å². The van der Waals surface area contributed by atoms with Gasteiger partial charge in [-0.2, -0.15) is 0 Å². The van der Waals surface area contributed by atoms with Crippen LogP contribution in [0, 0.1) is 6.92 Å². The minimum Gasteiger partial charge on any atom is -0.457 e. The van der Waals surface area contributed by atoms with E-state index in [-0.39, 0.29) is 11.0 Å². The average molecular weight is 620 g/mol. The fourth-order valence-corrected chi connectivity index (χ4v) is 5.11. The highest BCUT2D eigenvalue weighted by atomic mass is 35.5. The van der Waals surface area contributed by atoms with Gasteiger partial charge in [-0.1, -0.05) is 47.5 Å². The average Bonchev–Trinajstić information content (AvgIpc) is 3.47. The number of benzene rings is 3. The monoisotopic (exact) mass is 618 g/mol. The van der Waals surface area contributed by atoms with Crippen LogP contribution in [-0.4, -0.2) is 48.0 Å². The number of piperazine rings is 1. The molecule has 7 nitrogen and oxygen atoms in total. The molecule has 0 bridgehead atoms. The number of aryl methyl sites for hydroxylation is 1. The van der Waals surface area contributed by atoms with Crippen molar-refractivity contribution in [2.24, 2.45) is 0 Å². The van der Waals surface area contributed by atoms with Crippen molar-refractivity contribution in [3.05, 3.63) is 112 Å². The van der Waals surface area contributed by atoms with Crippen LogP contribution in [0.2, 0.25) is 10.0 Å². The van der Waals surface area contributed by atoms with Crippen molar-refractivity contribution in [3.8, 4) is 11.3 Å². The van der Waals surface area contributed by atoms with Crippen LogP contribution in [0.15, 0.2) is 89.4 Å². The number of amides is 2. The van der Waals surface area contributed by atoms with Crippen molar-refractivity contribution in [1.82, 2.24) is 10.2 Å². The second-order valence-electron chi connectivity index (χ2n) is 9.75. The van der Waals surface area contributed by atoms with Gasteiger partial charge in [0.2, 0.25) is 5.91 Å². The third-order valence-corrected chi connectivity index (χ3v) is 7.73. The highest BCUT2D eigenvalue weighted by molar-refractivity contribution is 7.80. The second kappa shape index (κ2) is 13.2. The van der Waals surface area contributed by atoms with Gasteiger partial charge in [-0.3, -0.25) is 14.9 Å². The molecular weight excluding hydrogens is 591 g/mol. The molecule has 0 unspecified atom stereocenters. The van der Waals surface area contributed by atoms with Crippen molar-refractivity contribution >= 4 is 69.8 Å². The first-order chi connectivity index (χ1) is 20.3. The number of hydrogen-bond donors (Lipinski definition) is 2. The smallest absolute Gasteiger partial charge is 0.253 e. The highest BCUT2D eigenvalue weighted by Crippen LogP contribution is 2.28. The van der Waals surface area contributed by atoms with E-state index < -0.39 is 5.91 Å². The number of rotatable bonds is 6. The largest absolute Gasteiger partial charge is 0.457 e. The topological polar surface area (TPSA) is 77.8 Å². The van der Waals surface area contributed by atoms with Gasteiger partial charge in [-0.25, -0.2) is 0 Å². The zero-order valence-electron chi connectivity index (χ0n) is 22.8. The Labute approximate surface area is 259 Å². The van der Waals surface area contributed by atoms with Crippen LogP contribution in [-0.2, 0) is 4.79 Å². The quantitative estimate of drug-likeness (QED) is 0.178. The van der Waals surface area contributed by atoms with Crippen molar-refractivity contribution in [2.45, 2.75) is 6.92 Å².